The molecule has 2 N–H and O–H groups in total. The number of carbonyl (C=O) groups is 3. The van der Waals surface area contributed by atoms with Gasteiger partial charge in [-0.3, -0.25) is 32.9 Å². The van der Waals surface area contributed by atoms with Crippen LogP contribution >= 0.6 is 7.82 Å². The van der Waals surface area contributed by atoms with Crippen molar-refractivity contribution >= 4 is 25.5 Å². The second kappa shape index (κ2) is 8.38. The quantitative estimate of drug-likeness (QED) is 0.349. The molecule has 0 aromatic carbocycles. The molecule has 0 bridgehead atoms. The minimum Gasteiger partial charge on any atom is -0.462 e. The molecule has 1 amide bonds. The maximum Gasteiger partial charge on any atom is 0.475 e. The van der Waals surface area contributed by atoms with Gasteiger partial charge in [-0.05, 0) is 40.7 Å². The lowest BCUT2D eigenvalue weighted by atomic mass is 9.92. The van der Waals surface area contributed by atoms with Gasteiger partial charge in [0.1, 0.15) is 12.2 Å². The zero-order chi connectivity index (χ0) is 23.2. The molecule has 0 aliphatic carbocycles. The predicted molar refractivity (Wildman–Crippen MR) is 106 cm³/mol. The number of ether oxygens (including phenoxy) is 2. The van der Waals surface area contributed by atoms with Crippen molar-refractivity contribution in [2.45, 2.75) is 71.1 Å². The summed E-state index contributed by atoms with van der Waals surface area (Å²) in [5.74, 6) is -1.29. The van der Waals surface area contributed by atoms with Gasteiger partial charge < -0.3 is 15.2 Å². The number of nitrogens with two attached hydrogens (primary N) is 1. The third kappa shape index (κ3) is 4.92. The number of hydrogen-bond acceptors (Lipinski definition) is 10. The topological polar surface area (TPSA) is 144 Å². The Bertz CT molecular complexity index is 838. The lowest BCUT2D eigenvalue weighted by molar-refractivity contribution is -0.160. The summed E-state index contributed by atoms with van der Waals surface area (Å²) in [6.45, 7) is 7.81. The van der Waals surface area contributed by atoms with Gasteiger partial charge in [-0.2, -0.15) is 0 Å². The van der Waals surface area contributed by atoms with E-state index in [1.807, 2.05) is 0 Å². The van der Waals surface area contributed by atoms with Crippen LogP contribution < -0.4 is 5.73 Å². The van der Waals surface area contributed by atoms with Gasteiger partial charge in [0.15, 0.2) is 12.0 Å². The number of phosphoric acid groups is 1. The molecule has 3 heterocycles. The number of nitrogens with zero attached hydrogens (tertiary/aromatic N) is 1. The SMILES string of the molecule is CC(C)OC(=O)C(C)(C)CO[P@@]1(=O)OC[C@H]2O[C@@H](N3C=CC(=O)CC3=O)[C@](C)(N)[C@@H]2O1. The lowest BCUT2D eigenvalue weighted by Gasteiger charge is -2.38. The van der Waals surface area contributed by atoms with E-state index in [4.69, 9.17) is 28.8 Å². The summed E-state index contributed by atoms with van der Waals surface area (Å²) >= 11 is 0. The average Bonchev–Trinajstić information content (AvgIpc) is 2.90. The van der Waals surface area contributed by atoms with Gasteiger partial charge in [-0.25, -0.2) is 4.57 Å². The van der Waals surface area contributed by atoms with Crippen molar-refractivity contribution in [1.82, 2.24) is 4.90 Å². The molecule has 0 spiro atoms. The number of phosphoric ester groups is 1. The van der Waals surface area contributed by atoms with Crippen LogP contribution in [0.3, 0.4) is 0 Å². The highest BCUT2D eigenvalue weighted by atomic mass is 31.2. The lowest BCUT2D eigenvalue weighted by Crippen LogP contribution is -2.60. The van der Waals surface area contributed by atoms with Gasteiger partial charge in [-0.15, -0.1) is 0 Å². The summed E-state index contributed by atoms with van der Waals surface area (Å²) < 4.78 is 40.5. The van der Waals surface area contributed by atoms with E-state index in [-0.39, 0.29) is 31.5 Å². The molecule has 174 valence electrons. The third-order valence-electron chi connectivity index (χ3n) is 5.19. The molecule has 11 nitrogen and oxygen atoms in total. The number of ketones is 1. The fourth-order valence-corrected chi connectivity index (χ4v) is 5.08. The Morgan fingerprint density at radius 2 is 2.10 bits per heavy atom. The molecule has 2 fully saturated rings. The number of hydrogen-bond donors (Lipinski definition) is 1. The Morgan fingerprint density at radius 3 is 2.71 bits per heavy atom. The predicted octanol–water partition coefficient (Wildman–Crippen LogP) is 1.26. The van der Waals surface area contributed by atoms with Gasteiger partial charge in [0, 0.05) is 6.20 Å². The van der Waals surface area contributed by atoms with Crippen molar-refractivity contribution in [1.29, 1.82) is 0 Å². The fourth-order valence-electron chi connectivity index (χ4n) is 3.43. The van der Waals surface area contributed by atoms with Crippen LogP contribution in [0, 0.1) is 5.41 Å². The van der Waals surface area contributed by atoms with Crippen molar-refractivity contribution < 1.29 is 42.0 Å². The third-order valence-corrected chi connectivity index (χ3v) is 6.59. The molecule has 3 aliphatic heterocycles. The summed E-state index contributed by atoms with van der Waals surface area (Å²) in [6, 6.07) is 0. The van der Waals surface area contributed by atoms with Gasteiger partial charge in [0.05, 0.1) is 36.7 Å². The van der Waals surface area contributed by atoms with Gasteiger partial charge in [-0.1, -0.05) is 0 Å². The highest BCUT2D eigenvalue weighted by molar-refractivity contribution is 7.48. The van der Waals surface area contributed by atoms with E-state index in [0.717, 1.165) is 0 Å². The molecule has 0 unspecified atom stereocenters. The zero-order valence-electron chi connectivity index (χ0n) is 18.2. The molecule has 0 aromatic rings. The van der Waals surface area contributed by atoms with Crippen molar-refractivity contribution in [2.75, 3.05) is 13.2 Å². The minimum absolute atomic E-state index is 0.146. The molecule has 12 heteroatoms. The molecular formula is C19H29N2O9P. The van der Waals surface area contributed by atoms with E-state index in [1.165, 1.54) is 17.2 Å². The number of amides is 1. The molecular weight excluding hydrogens is 431 g/mol. The highest BCUT2D eigenvalue weighted by Gasteiger charge is 2.60. The van der Waals surface area contributed by atoms with E-state index in [9.17, 15) is 18.9 Å². The Balaban J connectivity index is 1.70. The maximum absolute atomic E-state index is 13.1. The normalized spacial score (nSPS) is 36.1. The van der Waals surface area contributed by atoms with Crippen LogP contribution in [0.15, 0.2) is 12.3 Å². The molecule has 0 aromatic heterocycles. The second-order valence-electron chi connectivity index (χ2n) is 9.03. The summed E-state index contributed by atoms with van der Waals surface area (Å²) in [5.41, 5.74) is 4.07. The van der Waals surface area contributed by atoms with Crippen molar-refractivity contribution in [3.63, 3.8) is 0 Å². The second-order valence-corrected chi connectivity index (χ2v) is 10.7. The van der Waals surface area contributed by atoms with Crippen LogP contribution in [0.1, 0.15) is 41.0 Å². The number of esters is 1. The van der Waals surface area contributed by atoms with E-state index < -0.39 is 49.1 Å². The molecule has 0 saturated carbocycles. The average molecular weight is 460 g/mol. The summed E-state index contributed by atoms with van der Waals surface area (Å²) in [4.78, 5) is 37.2. The smallest absolute Gasteiger partial charge is 0.462 e. The van der Waals surface area contributed by atoms with Gasteiger partial charge >= 0.3 is 13.8 Å². The molecule has 3 rings (SSSR count). The zero-order valence-corrected chi connectivity index (χ0v) is 19.1. The first-order valence-electron chi connectivity index (χ1n) is 10.0. The van der Waals surface area contributed by atoms with Crippen molar-refractivity contribution in [2.24, 2.45) is 11.1 Å². The Morgan fingerprint density at radius 1 is 1.42 bits per heavy atom. The number of carbonyl (C=O) groups excluding carboxylic acids is 3. The fraction of sp³-hybridized carbons (Fsp3) is 0.737. The van der Waals surface area contributed by atoms with Crippen LogP contribution in [0.4, 0.5) is 0 Å². The van der Waals surface area contributed by atoms with Crippen LogP contribution in [0.25, 0.3) is 0 Å². The summed E-state index contributed by atoms with van der Waals surface area (Å²) in [6.07, 6.45) is -0.578. The first kappa shape index (κ1) is 24.0. The van der Waals surface area contributed by atoms with Crippen LogP contribution in [-0.4, -0.2) is 65.9 Å². The standard InChI is InChI=1S/C19H29N2O9P/c1-11(2)28-17(24)18(3,4)10-27-31(25)26-9-13-15(30-31)19(5,20)16(29-13)21-7-6-12(22)8-14(21)23/h6-7,11,13,15-16H,8-10,20H2,1-5H3/t13-,15-,16-,19-,31-/m1/s1. The monoisotopic (exact) mass is 460 g/mol. The van der Waals surface area contributed by atoms with Crippen LogP contribution in [-0.2, 0) is 42.0 Å². The van der Waals surface area contributed by atoms with Crippen LogP contribution in [0.5, 0.6) is 0 Å². The number of fused-ring (bicyclic) bond motifs is 1. The Kier molecular flexibility index (Phi) is 6.50. The van der Waals surface area contributed by atoms with Crippen LogP contribution in [0.2, 0.25) is 0 Å². The van der Waals surface area contributed by atoms with E-state index in [1.54, 1.807) is 34.6 Å². The highest BCUT2D eigenvalue weighted by Crippen LogP contribution is 2.58. The van der Waals surface area contributed by atoms with E-state index in [2.05, 4.69) is 0 Å². The van der Waals surface area contributed by atoms with E-state index in [0.29, 0.717) is 0 Å². The molecule has 0 radical (unpaired) electrons. The largest absolute Gasteiger partial charge is 0.475 e. The Hall–Kier alpha value is -1.62. The maximum atomic E-state index is 13.1. The minimum atomic E-state index is -4.07. The summed E-state index contributed by atoms with van der Waals surface area (Å²) in [7, 11) is -4.07. The first-order chi connectivity index (χ1) is 14.2. The van der Waals surface area contributed by atoms with Gasteiger partial charge in [0.25, 0.3) is 0 Å². The first-order valence-corrected chi connectivity index (χ1v) is 11.5. The molecule has 3 aliphatic rings. The van der Waals surface area contributed by atoms with Crippen molar-refractivity contribution in [3.05, 3.63) is 12.3 Å². The summed E-state index contributed by atoms with van der Waals surface area (Å²) in [5, 5.41) is 0. The Labute approximate surface area is 180 Å². The van der Waals surface area contributed by atoms with Crippen molar-refractivity contribution in [3.8, 4) is 0 Å². The molecule has 5 atom stereocenters. The van der Waals surface area contributed by atoms with Gasteiger partial charge in [0.2, 0.25) is 5.91 Å². The number of rotatable bonds is 6. The molecule has 2 saturated heterocycles. The molecule has 31 heavy (non-hydrogen) atoms. The van der Waals surface area contributed by atoms with E-state index >= 15 is 0 Å². The number of allylic oxidation sites excluding steroid dienone is 1.